The second-order valence-electron chi connectivity index (χ2n) is 4.46. The lowest BCUT2D eigenvalue weighted by Crippen LogP contribution is -2.12. The molecular weight excluding hydrogens is 337 g/mol. The molecule has 122 valence electrons. The smallest absolute Gasteiger partial charge is 0.301 e. The van der Waals surface area contributed by atoms with Crippen LogP contribution in [0.3, 0.4) is 0 Å². The van der Waals surface area contributed by atoms with Crippen LogP contribution in [0.4, 0.5) is 18.9 Å². The van der Waals surface area contributed by atoms with E-state index in [4.69, 9.17) is 0 Å². The number of nitro groups is 1. The van der Waals surface area contributed by atoms with Crippen LogP contribution in [-0.4, -0.2) is 25.5 Å². The van der Waals surface area contributed by atoms with Crippen molar-refractivity contribution in [3.05, 3.63) is 39.7 Å². The first-order valence-electron chi connectivity index (χ1n) is 6.05. The molecular formula is C12H9F3N4O3S. The van der Waals surface area contributed by atoms with Gasteiger partial charge in [0.25, 0.3) is 5.69 Å². The molecule has 1 heterocycles. The highest BCUT2D eigenvalue weighted by Crippen LogP contribution is 2.36. The van der Waals surface area contributed by atoms with E-state index in [-0.39, 0.29) is 27.1 Å². The van der Waals surface area contributed by atoms with Crippen molar-refractivity contribution in [1.82, 2.24) is 14.8 Å². The molecule has 23 heavy (non-hydrogen) atoms. The third kappa shape index (κ3) is 3.50. The van der Waals surface area contributed by atoms with Gasteiger partial charge in [0, 0.05) is 18.7 Å². The average Bonchev–Trinajstić information content (AvgIpc) is 2.80. The third-order valence-corrected chi connectivity index (χ3v) is 3.96. The third-order valence-electron chi connectivity index (χ3n) is 2.85. The highest BCUT2D eigenvalue weighted by molar-refractivity contribution is 7.99. The van der Waals surface area contributed by atoms with E-state index in [0.717, 1.165) is 13.1 Å². The normalized spacial score (nSPS) is 11.5. The van der Waals surface area contributed by atoms with Gasteiger partial charge in [-0.25, -0.2) is 0 Å². The lowest BCUT2D eigenvalue weighted by atomic mass is 10.1. The molecule has 0 aliphatic carbocycles. The van der Waals surface area contributed by atoms with Gasteiger partial charge in [0.2, 0.25) is 5.82 Å². The number of benzene rings is 1. The summed E-state index contributed by atoms with van der Waals surface area (Å²) < 4.78 is 38.7. The molecule has 0 N–H and O–H groups in total. The fraction of sp³-hybridized carbons (Fsp3) is 0.250. The number of nitro benzene ring substituents is 1. The molecule has 0 atom stereocenters. The number of nitrogens with zero attached hydrogens (tertiary/aromatic N) is 4. The zero-order valence-electron chi connectivity index (χ0n) is 11.8. The minimum atomic E-state index is -4.68. The predicted molar refractivity (Wildman–Crippen MR) is 73.2 cm³/mol. The van der Waals surface area contributed by atoms with E-state index < -0.39 is 16.9 Å². The maximum Gasteiger partial charge on any atom is 0.451 e. The van der Waals surface area contributed by atoms with Crippen molar-refractivity contribution >= 4 is 23.2 Å². The topological polar surface area (TPSA) is 90.9 Å². The summed E-state index contributed by atoms with van der Waals surface area (Å²) in [6.07, 6.45) is -4.68. The van der Waals surface area contributed by atoms with Gasteiger partial charge in [0.05, 0.1) is 9.82 Å². The lowest BCUT2D eigenvalue weighted by molar-refractivity contribution is -0.387. The molecule has 7 nitrogen and oxygen atoms in total. The molecule has 11 heteroatoms. The first-order chi connectivity index (χ1) is 10.6. The molecule has 1 aromatic carbocycles. The summed E-state index contributed by atoms with van der Waals surface area (Å²) in [4.78, 5) is 21.7. The molecule has 0 fully saturated rings. The van der Waals surface area contributed by atoms with E-state index >= 15 is 0 Å². The Labute approximate surface area is 131 Å². The number of carbonyl (C=O) groups excluding carboxylic acids is 1. The Hall–Kier alpha value is -2.43. The lowest BCUT2D eigenvalue weighted by Gasteiger charge is -2.07. The molecule has 0 unspecified atom stereocenters. The molecule has 0 saturated heterocycles. The second-order valence-corrected chi connectivity index (χ2v) is 5.47. The van der Waals surface area contributed by atoms with Crippen molar-refractivity contribution in [2.24, 2.45) is 7.05 Å². The quantitative estimate of drug-likeness (QED) is 0.480. The minimum Gasteiger partial charge on any atom is -0.301 e. The Balaban J connectivity index is 2.43. The van der Waals surface area contributed by atoms with Gasteiger partial charge in [-0.1, -0.05) is 0 Å². The van der Waals surface area contributed by atoms with Crippen LogP contribution in [0.15, 0.2) is 28.3 Å². The van der Waals surface area contributed by atoms with Gasteiger partial charge in [0.1, 0.15) is 0 Å². The Morgan fingerprint density at radius 3 is 2.48 bits per heavy atom. The van der Waals surface area contributed by atoms with Crippen molar-refractivity contribution in [3.8, 4) is 0 Å². The number of hydrogen-bond donors (Lipinski definition) is 0. The van der Waals surface area contributed by atoms with Gasteiger partial charge in [-0.2, -0.15) is 13.2 Å². The number of ketones is 1. The summed E-state index contributed by atoms with van der Waals surface area (Å²) in [6, 6.07) is 3.73. The molecule has 2 aromatic rings. The van der Waals surface area contributed by atoms with Crippen LogP contribution in [0.25, 0.3) is 0 Å². The monoisotopic (exact) mass is 346 g/mol. The minimum absolute atomic E-state index is 0.0595. The van der Waals surface area contributed by atoms with Crippen LogP contribution >= 0.6 is 11.8 Å². The van der Waals surface area contributed by atoms with Gasteiger partial charge >= 0.3 is 6.18 Å². The van der Waals surface area contributed by atoms with Crippen molar-refractivity contribution in [1.29, 1.82) is 0 Å². The first kappa shape index (κ1) is 16.9. The van der Waals surface area contributed by atoms with Crippen molar-refractivity contribution in [3.63, 3.8) is 0 Å². The van der Waals surface area contributed by atoms with E-state index in [2.05, 4.69) is 10.2 Å². The molecule has 1 aromatic heterocycles. The Morgan fingerprint density at radius 2 is 2.00 bits per heavy atom. The van der Waals surface area contributed by atoms with Gasteiger partial charge in [-0.3, -0.25) is 14.9 Å². The Kier molecular flexibility index (Phi) is 4.41. The maximum absolute atomic E-state index is 12.7. The number of alkyl halides is 3. The number of rotatable bonds is 4. The highest BCUT2D eigenvalue weighted by atomic mass is 32.2. The zero-order valence-corrected chi connectivity index (χ0v) is 12.6. The van der Waals surface area contributed by atoms with Crippen molar-refractivity contribution in [2.75, 3.05) is 0 Å². The molecule has 0 aliphatic heterocycles. The summed E-state index contributed by atoms with van der Waals surface area (Å²) >= 11 is 0.663. The average molecular weight is 346 g/mol. The van der Waals surface area contributed by atoms with Gasteiger partial charge in [0.15, 0.2) is 10.9 Å². The van der Waals surface area contributed by atoms with Crippen LogP contribution in [-0.2, 0) is 13.2 Å². The first-order valence-corrected chi connectivity index (χ1v) is 6.86. The number of hydrogen-bond acceptors (Lipinski definition) is 6. The van der Waals surface area contributed by atoms with Crippen LogP contribution in [0, 0.1) is 10.1 Å². The molecule has 0 radical (unpaired) electrons. The molecule has 2 rings (SSSR count). The largest absolute Gasteiger partial charge is 0.451 e. The van der Waals surface area contributed by atoms with Gasteiger partial charge < -0.3 is 4.57 Å². The van der Waals surface area contributed by atoms with Crippen molar-refractivity contribution < 1.29 is 22.9 Å². The Morgan fingerprint density at radius 1 is 1.35 bits per heavy atom. The van der Waals surface area contributed by atoms with Crippen molar-refractivity contribution in [2.45, 2.75) is 23.2 Å². The summed E-state index contributed by atoms with van der Waals surface area (Å²) in [6.45, 7) is 1.25. The maximum atomic E-state index is 12.7. The van der Waals surface area contributed by atoms with E-state index in [0.29, 0.717) is 16.3 Å². The summed E-state index contributed by atoms with van der Waals surface area (Å²) in [5, 5.41) is 17.4. The van der Waals surface area contributed by atoms with Crippen LogP contribution in [0.1, 0.15) is 23.1 Å². The van der Waals surface area contributed by atoms with Gasteiger partial charge in [-0.05, 0) is 30.8 Å². The zero-order chi connectivity index (χ0) is 17.4. The number of halogens is 3. The summed E-state index contributed by atoms with van der Waals surface area (Å²) in [5.74, 6) is -1.56. The number of Topliss-reactive ketones (excluding diaryl/α,β-unsaturated/α-hetero) is 1. The second kappa shape index (κ2) is 5.99. The molecule has 0 saturated carbocycles. The van der Waals surface area contributed by atoms with E-state index in [1.165, 1.54) is 19.1 Å². The van der Waals surface area contributed by atoms with Crippen LogP contribution in [0.5, 0.6) is 0 Å². The summed E-state index contributed by atoms with van der Waals surface area (Å²) in [7, 11) is 1.11. The van der Waals surface area contributed by atoms with E-state index in [9.17, 15) is 28.1 Å². The number of aromatic nitrogens is 3. The molecule has 0 spiro atoms. The predicted octanol–water partition coefficient (Wildman–Crippen LogP) is 3.10. The van der Waals surface area contributed by atoms with Crippen LogP contribution < -0.4 is 0 Å². The van der Waals surface area contributed by atoms with E-state index in [1.807, 2.05) is 0 Å². The SMILES string of the molecule is CC(=O)c1ccc(Sc2nnc(C(F)(F)F)n2C)c([N+](=O)[O-])c1. The standard InChI is InChI=1S/C12H9F3N4O3S/c1-6(20)7-3-4-9(8(5-7)19(21)22)23-11-17-16-10(18(11)2)12(13,14)15/h3-5H,1-2H3. The summed E-state index contributed by atoms with van der Waals surface area (Å²) in [5.41, 5.74) is -0.255. The molecule has 0 aliphatic rings. The molecule has 0 bridgehead atoms. The van der Waals surface area contributed by atoms with Gasteiger partial charge in [-0.15, -0.1) is 10.2 Å². The van der Waals surface area contributed by atoms with E-state index in [1.54, 1.807) is 0 Å². The highest BCUT2D eigenvalue weighted by Gasteiger charge is 2.37. The fourth-order valence-corrected chi connectivity index (χ4v) is 2.59. The fourth-order valence-electron chi connectivity index (χ4n) is 1.71. The number of carbonyl (C=O) groups is 1. The Bertz CT molecular complexity index is 788. The molecule has 0 amide bonds. The van der Waals surface area contributed by atoms with Crippen LogP contribution in [0.2, 0.25) is 0 Å².